The summed E-state index contributed by atoms with van der Waals surface area (Å²) in [5, 5.41) is 12.0. The highest BCUT2D eigenvalue weighted by Crippen LogP contribution is 2.33. The van der Waals surface area contributed by atoms with Crippen molar-refractivity contribution in [2.45, 2.75) is 6.92 Å². The van der Waals surface area contributed by atoms with Crippen molar-refractivity contribution in [3.63, 3.8) is 0 Å². The molecular formula is C19H18F2N6OS. The maximum atomic E-state index is 15.0. The molecular weight excluding hydrogens is 398 g/mol. The van der Waals surface area contributed by atoms with Crippen LogP contribution in [0.5, 0.6) is 0 Å². The maximum Gasteiger partial charge on any atom is 0.263 e. The number of aromatic nitrogens is 2. The van der Waals surface area contributed by atoms with Crippen LogP contribution in [0.25, 0.3) is 10.9 Å². The molecule has 150 valence electrons. The first kappa shape index (κ1) is 20.6. The average molecular weight is 416 g/mol. The van der Waals surface area contributed by atoms with Crippen molar-refractivity contribution >= 4 is 40.1 Å². The number of nitriles is 1. The fraction of sp³-hybridized carbons (Fsp3) is 0.211. The highest BCUT2D eigenvalue weighted by Gasteiger charge is 2.18. The van der Waals surface area contributed by atoms with Crippen LogP contribution in [0.3, 0.4) is 0 Å². The predicted octanol–water partition coefficient (Wildman–Crippen LogP) is 3.75. The Labute approximate surface area is 170 Å². The Morgan fingerprint density at radius 1 is 1.28 bits per heavy atom. The number of anilines is 3. The van der Waals surface area contributed by atoms with Crippen molar-refractivity contribution in [2.75, 3.05) is 23.6 Å². The predicted molar refractivity (Wildman–Crippen MR) is 111 cm³/mol. The molecule has 2 aromatic carbocycles. The largest absolute Gasteiger partial charge is 0.350 e. The molecule has 0 saturated heterocycles. The molecule has 0 unspecified atom stereocenters. The molecule has 0 atom stereocenters. The zero-order valence-corrected chi connectivity index (χ0v) is 16.8. The smallest absolute Gasteiger partial charge is 0.263 e. The Morgan fingerprint density at radius 3 is 2.69 bits per heavy atom. The normalized spacial score (nSPS) is 10.9. The molecule has 0 saturated carbocycles. The molecule has 0 fully saturated rings. The Hall–Kier alpha value is -3.16. The monoisotopic (exact) mass is 416 g/mol. The molecule has 0 bridgehead atoms. The molecule has 0 amide bonds. The van der Waals surface area contributed by atoms with Crippen LogP contribution in [-0.4, -0.2) is 27.4 Å². The summed E-state index contributed by atoms with van der Waals surface area (Å²) in [6.45, 7) is 2.70. The zero-order chi connectivity index (χ0) is 21.1. The highest BCUT2D eigenvalue weighted by molar-refractivity contribution is 7.98. The van der Waals surface area contributed by atoms with E-state index >= 15 is 4.39 Å². The van der Waals surface area contributed by atoms with Gasteiger partial charge in [-0.1, -0.05) is 6.92 Å². The van der Waals surface area contributed by atoms with Crippen LogP contribution in [0.2, 0.25) is 0 Å². The van der Waals surface area contributed by atoms with Crippen LogP contribution >= 0.6 is 12.1 Å². The number of benzene rings is 2. The van der Waals surface area contributed by atoms with Gasteiger partial charge in [-0.15, -0.1) is 0 Å². The molecule has 0 radical (unpaired) electrons. The first-order valence-electron chi connectivity index (χ1n) is 8.65. The SMILES string of the molecule is CCN(C)SNc1ccc(F)c(Nc2ccc3ncn(C)c(=O)c3c2F)c1C#N. The fourth-order valence-electron chi connectivity index (χ4n) is 2.58. The third-order valence-corrected chi connectivity index (χ3v) is 5.19. The number of hydrogen-bond donors (Lipinski definition) is 2. The molecule has 1 heterocycles. The molecule has 3 rings (SSSR count). The van der Waals surface area contributed by atoms with Crippen molar-refractivity contribution in [3.05, 3.63) is 58.1 Å². The second-order valence-electron chi connectivity index (χ2n) is 6.20. The van der Waals surface area contributed by atoms with Gasteiger partial charge in [0, 0.05) is 25.7 Å². The summed E-state index contributed by atoms with van der Waals surface area (Å²) in [5.74, 6) is -1.59. The van der Waals surface area contributed by atoms with E-state index in [0.29, 0.717) is 5.69 Å². The van der Waals surface area contributed by atoms with E-state index in [-0.39, 0.29) is 27.8 Å². The van der Waals surface area contributed by atoms with Gasteiger partial charge in [0.1, 0.15) is 22.8 Å². The lowest BCUT2D eigenvalue weighted by Gasteiger charge is -2.17. The van der Waals surface area contributed by atoms with Gasteiger partial charge in [0.05, 0.1) is 28.9 Å². The molecule has 10 heteroatoms. The van der Waals surface area contributed by atoms with Crippen LogP contribution in [0.15, 0.2) is 35.4 Å². The fourth-order valence-corrected chi connectivity index (χ4v) is 3.13. The molecule has 1 aromatic heterocycles. The van der Waals surface area contributed by atoms with Crippen LogP contribution < -0.4 is 15.6 Å². The van der Waals surface area contributed by atoms with E-state index in [2.05, 4.69) is 15.0 Å². The summed E-state index contributed by atoms with van der Waals surface area (Å²) in [4.78, 5) is 16.3. The molecule has 0 aliphatic carbocycles. The second-order valence-corrected chi connectivity index (χ2v) is 7.21. The van der Waals surface area contributed by atoms with E-state index in [1.54, 1.807) is 0 Å². The van der Waals surface area contributed by atoms with E-state index in [0.717, 1.165) is 11.1 Å². The molecule has 0 aliphatic heterocycles. The van der Waals surface area contributed by atoms with E-state index in [4.69, 9.17) is 0 Å². The van der Waals surface area contributed by atoms with Gasteiger partial charge in [-0.2, -0.15) is 5.26 Å². The minimum absolute atomic E-state index is 0.0133. The Morgan fingerprint density at radius 2 is 2.00 bits per heavy atom. The van der Waals surface area contributed by atoms with Crippen molar-refractivity contribution in [1.29, 1.82) is 5.26 Å². The number of nitrogens with one attached hydrogen (secondary N) is 2. The lowest BCUT2D eigenvalue weighted by molar-refractivity contribution is 0.604. The van der Waals surface area contributed by atoms with E-state index in [9.17, 15) is 14.4 Å². The number of hydrogen-bond acceptors (Lipinski definition) is 7. The Kier molecular flexibility index (Phi) is 6.00. The van der Waals surface area contributed by atoms with Crippen LogP contribution in [0, 0.1) is 23.0 Å². The molecule has 3 aromatic rings. The topological polar surface area (TPSA) is 86.0 Å². The lowest BCUT2D eigenvalue weighted by Crippen LogP contribution is -2.18. The molecule has 7 nitrogen and oxygen atoms in total. The summed E-state index contributed by atoms with van der Waals surface area (Å²) in [6, 6.07) is 7.37. The molecule has 29 heavy (non-hydrogen) atoms. The van der Waals surface area contributed by atoms with Gasteiger partial charge in [0.2, 0.25) is 0 Å². The van der Waals surface area contributed by atoms with Gasteiger partial charge in [0.25, 0.3) is 5.56 Å². The Bertz CT molecular complexity index is 1170. The van der Waals surface area contributed by atoms with Crippen LogP contribution in [-0.2, 0) is 7.05 Å². The molecule has 0 spiro atoms. The van der Waals surface area contributed by atoms with Gasteiger partial charge in [-0.05, 0) is 31.3 Å². The van der Waals surface area contributed by atoms with E-state index in [1.165, 1.54) is 49.8 Å². The van der Waals surface area contributed by atoms with Gasteiger partial charge in [0.15, 0.2) is 5.82 Å². The van der Waals surface area contributed by atoms with Crippen LogP contribution in [0.1, 0.15) is 12.5 Å². The number of rotatable bonds is 6. The lowest BCUT2D eigenvalue weighted by atomic mass is 10.1. The minimum atomic E-state index is -0.863. The third kappa shape index (κ3) is 4.01. The number of nitrogens with zero attached hydrogens (tertiary/aromatic N) is 4. The summed E-state index contributed by atoms with van der Waals surface area (Å²) >= 11 is 1.24. The number of fused-ring (bicyclic) bond motifs is 1. The quantitative estimate of drug-likeness (QED) is 0.592. The van der Waals surface area contributed by atoms with Gasteiger partial charge < -0.3 is 14.6 Å². The molecule has 0 aliphatic rings. The first-order valence-corrected chi connectivity index (χ1v) is 9.42. The van der Waals surface area contributed by atoms with Crippen molar-refractivity contribution in [2.24, 2.45) is 7.05 Å². The third-order valence-electron chi connectivity index (χ3n) is 4.31. The van der Waals surface area contributed by atoms with Crippen molar-refractivity contribution < 1.29 is 8.78 Å². The number of halogens is 2. The second kappa shape index (κ2) is 8.46. The zero-order valence-electron chi connectivity index (χ0n) is 16.0. The summed E-state index contributed by atoms with van der Waals surface area (Å²) in [6.07, 6.45) is 1.30. The van der Waals surface area contributed by atoms with Gasteiger partial charge in [-0.25, -0.2) is 18.1 Å². The minimum Gasteiger partial charge on any atom is -0.350 e. The molecule has 2 N–H and O–H groups in total. The Balaban J connectivity index is 2.06. The van der Waals surface area contributed by atoms with Gasteiger partial charge >= 0.3 is 0 Å². The average Bonchev–Trinajstić information content (AvgIpc) is 2.72. The highest BCUT2D eigenvalue weighted by atomic mass is 32.2. The van der Waals surface area contributed by atoms with Crippen LogP contribution in [0.4, 0.5) is 25.8 Å². The summed E-state index contributed by atoms with van der Waals surface area (Å²) < 4.78 is 35.5. The van der Waals surface area contributed by atoms with Crippen molar-refractivity contribution in [3.8, 4) is 6.07 Å². The number of aryl methyl sites for hydroxylation is 1. The summed E-state index contributed by atoms with van der Waals surface area (Å²) in [5.41, 5.74) is -0.330. The van der Waals surface area contributed by atoms with Gasteiger partial charge in [-0.3, -0.25) is 4.79 Å². The van der Waals surface area contributed by atoms with E-state index in [1.807, 2.05) is 24.3 Å². The van der Waals surface area contributed by atoms with E-state index < -0.39 is 17.2 Å². The standard InChI is InChI=1S/C19H18F2N6OS/c1-4-27(3)29-25-13-6-5-12(20)18(11(13)9-22)24-15-8-7-14-16(17(15)21)19(28)26(2)10-23-14/h5-8,10,24-25H,4H2,1-3H3. The summed E-state index contributed by atoms with van der Waals surface area (Å²) in [7, 11) is 3.31. The maximum absolute atomic E-state index is 15.0. The first-order chi connectivity index (χ1) is 13.9. The van der Waals surface area contributed by atoms with Crippen molar-refractivity contribution in [1.82, 2.24) is 13.9 Å².